The molecule has 0 nitrogen and oxygen atoms in total. The second-order valence-corrected chi connectivity index (χ2v) is 2.47. The quantitative estimate of drug-likeness (QED) is 0.507. The second-order valence-electron chi connectivity index (χ2n) is 2.47. The molecule has 0 amide bonds. The monoisotopic (exact) mass is 124 g/mol. The van der Waals surface area contributed by atoms with E-state index in [1.807, 2.05) is 6.08 Å². The number of hydrogen-bond donors (Lipinski definition) is 0. The van der Waals surface area contributed by atoms with Gasteiger partial charge in [0, 0.05) is 0 Å². The van der Waals surface area contributed by atoms with Gasteiger partial charge >= 0.3 is 0 Å². The molecule has 0 radical (unpaired) electrons. The minimum atomic E-state index is 0.627. The van der Waals surface area contributed by atoms with Gasteiger partial charge in [0.1, 0.15) is 0 Å². The molecule has 0 saturated carbocycles. The Bertz CT molecular complexity index is 107. The highest BCUT2D eigenvalue weighted by Crippen LogP contribution is 2.10. The average Bonchev–Trinajstić information content (AvgIpc) is 1.82. The summed E-state index contributed by atoms with van der Waals surface area (Å²) in [5.74, 6) is 0.627. The predicted molar refractivity (Wildman–Crippen MR) is 43.4 cm³/mol. The summed E-state index contributed by atoms with van der Waals surface area (Å²) in [5.41, 5.74) is 1.36. The lowest BCUT2D eigenvalue weighted by molar-refractivity contribution is 0.786. The van der Waals surface area contributed by atoms with Gasteiger partial charge in [0.15, 0.2) is 0 Å². The summed E-state index contributed by atoms with van der Waals surface area (Å²) in [6.45, 7) is 10.2. The molecule has 0 bridgehead atoms. The average molecular weight is 124 g/mol. The van der Waals surface area contributed by atoms with Crippen molar-refractivity contribution >= 4 is 0 Å². The van der Waals surface area contributed by atoms with E-state index in [9.17, 15) is 0 Å². The smallest absolute Gasteiger partial charge is 0.0222 e. The fourth-order valence-electron chi connectivity index (χ4n) is 0.790. The minimum Gasteiger partial charge on any atom is -0.0988 e. The van der Waals surface area contributed by atoms with E-state index in [0.717, 1.165) is 6.42 Å². The van der Waals surface area contributed by atoms with Crippen LogP contribution in [0.2, 0.25) is 0 Å². The fraction of sp³-hybridized carbons (Fsp3) is 0.556. The highest BCUT2D eigenvalue weighted by atomic mass is 14.0. The summed E-state index contributed by atoms with van der Waals surface area (Å²) in [5, 5.41) is 0. The van der Waals surface area contributed by atoms with Gasteiger partial charge in [0.05, 0.1) is 0 Å². The molecule has 0 saturated heterocycles. The molecule has 0 fully saturated rings. The topological polar surface area (TPSA) is 0 Å². The molecule has 0 atom stereocenters. The van der Waals surface area contributed by atoms with Crippen molar-refractivity contribution in [3.8, 4) is 0 Å². The first-order valence-electron chi connectivity index (χ1n) is 3.54. The fourth-order valence-corrected chi connectivity index (χ4v) is 0.790. The third-order valence-corrected chi connectivity index (χ3v) is 1.34. The van der Waals surface area contributed by atoms with Gasteiger partial charge in [-0.15, -0.1) is 0 Å². The lowest BCUT2D eigenvalue weighted by Crippen LogP contribution is -1.88. The molecule has 0 unspecified atom stereocenters. The molecule has 0 spiro atoms. The van der Waals surface area contributed by atoms with E-state index >= 15 is 0 Å². The highest BCUT2D eigenvalue weighted by molar-refractivity contribution is 5.17. The number of hydrogen-bond acceptors (Lipinski definition) is 0. The van der Waals surface area contributed by atoms with Crippen molar-refractivity contribution in [2.24, 2.45) is 5.92 Å². The van der Waals surface area contributed by atoms with Crippen LogP contribution in [0.15, 0.2) is 24.3 Å². The molecule has 0 heterocycles. The third-order valence-electron chi connectivity index (χ3n) is 1.34. The van der Waals surface area contributed by atoms with Crippen molar-refractivity contribution in [3.63, 3.8) is 0 Å². The highest BCUT2D eigenvalue weighted by Gasteiger charge is 1.94. The van der Waals surface area contributed by atoms with Crippen LogP contribution >= 0.6 is 0 Å². The van der Waals surface area contributed by atoms with Crippen LogP contribution in [0.4, 0.5) is 0 Å². The Morgan fingerprint density at radius 1 is 1.56 bits per heavy atom. The number of rotatable bonds is 3. The maximum Gasteiger partial charge on any atom is -0.0222 e. The molecule has 0 aliphatic heterocycles. The van der Waals surface area contributed by atoms with Gasteiger partial charge in [-0.3, -0.25) is 0 Å². The van der Waals surface area contributed by atoms with Gasteiger partial charge in [0.25, 0.3) is 0 Å². The maximum absolute atomic E-state index is 3.73. The van der Waals surface area contributed by atoms with E-state index in [1.165, 1.54) is 5.57 Å². The normalized spacial score (nSPS) is 12.2. The van der Waals surface area contributed by atoms with Crippen LogP contribution in [0, 0.1) is 5.92 Å². The molecule has 0 N–H and O–H groups in total. The van der Waals surface area contributed by atoms with E-state index in [-0.39, 0.29) is 0 Å². The predicted octanol–water partition coefficient (Wildman–Crippen LogP) is 3.16. The van der Waals surface area contributed by atoms with Crippen LogP contribution in [0.25, 0.3) is 0 Å². The Kier molecular flexibility index (Phi) is 4.12. The Balaban J connectivity index is 3.97. The van der Waals surface area contributed by atoms with Crippen molar-refractivity contribution in [3.05, 3.63) is 24.3 Å². The van der Waals surface area contributed by atoms with Crippen molar-refractivity contribution in [1.82, 2.24) is 0 Å². The maximum atomic E-state index is 3.73. The first-order valence-corrected chi connectivity index (χ1v) is 3.54. The SMILES string of the molecule is C=CC(=CCC)C(C)C. The molecule has 0 aliphatic rings. The van der Waals surface area contributed by atoms with Crippen LogP contribution in [0.1, 0.15) is 27.2 Å². The Hall–Kier alpha value is -0.520. The van der Waals surface area contributed by atoms with E-state index < -0.39 is 0 Å². The lowest BCUT2D eigenvalue weighted by atomic mass is 10.0. The first-order chi connectivity index (χ1) is 4.22. The summed E-state index contributed by atoms with van der Waals surface area (Å²) in [6.07, 6.45) is 5.27. The largest absolute Gasteiger partial charge is 0.0988 e. The summed E-state index contributed by atoms with van der Waals surface area (Å²) in [4.78, 5) is 0. The molecule has 52 valence electrons. The second kappa shape index (κ2) is 4.37. The van der Waals surface area contributed by atoms with Crippen LogP contribution in [0.3, 0.4) is 0 Å². The summed E-state index contributed by atoms with van der Waals surface area (Å²) in [7, 11) is 0. The van der Waals surface area contributed by atoms with Crippen LogP contribution < -0.4 is 0 Å². The van der Waals surface area contributed by atoms with Crippen LogP contribution in [-0.2, 0) is 0 Å². The van der Waals surface area contributed by atoms with E-state index in [0.29, 0.717) is 5.92 Å². The zero-order chi connectivity index (χ0) is 7.28. The van der Waals surface area contributed by atoms with Gasteiger partial charge in [0.2, 0.25) is 0 Å². The first kappa shape index (κ1) is 8.48. The standard InChI is InChI=1S/C9H16/c1-5-7-9(6-2)8(3)4/h6-8H,2,5H2,1,3-4H3. The Labute approximate surface area is 58.3 Å². The van der Waals surface area contributed by atoms with Gasteiger partial charge in [-0.05, 0) is 12.3 Å². The van der Waals surface area contributed by atoms with E-state index in [2.05, 4.69) is 33.4 Å². The molecule has 0 rings (SSSR count). The summed E-state index contributed by atoms with van der Waals surface area (Å²) >= 11 is 0. The number of allylic oxidation sites excluding steroid dienone is 3. The van der Waals surface area contributed by atoms with E-state index in [1.54, 1.807) is 0 Å². The van der Waals surface area contributed by atoms with Crippen LogP contribution in [0.5, 0.6) is 0 Å². The van der Waals surface area contributed by atoms with Crippen LogP contribution in [-0.4, -0.2) is 0 Å². The molecule has 9 heavy (non-hydrogen) atoms. The summed E-state index contributed by atoms with van der Waals surface area (Å²) in [6, 6.07) is 0. The van der Waals surface area contributed by atoms with Crippen molar-refractivity contribution in [2.45, 2.75) is 27.2 Å². The molecular weight excluding hydrogens is 108 g/mol. The molecule has 0 heteroatoms. The molecule has 0 aromatic carbocycles. The Morgan fingerprint density at radius 2 is 2.11 bits per heavy atom. The van der Waals surface area contributed by atoms with Gasteiger partial charge in [-0.2, -0.15) is 0 Å². The molecule has 0 aromatic heterocycles. The van der Waals surface area contributed by atoms with Crippen molar-refractivity contribution in [1.29, 1.82) is 0 Å². The lowest BCUT2D eigenvalue weighted by Gasteiger charge is -2.03. The zero-order valence-corrected chi connectivity index (χ0v) is 6.65. The zero-order valence-electron chi connectivity index (χ0n) is 6.65. The molecule has 0 aromatic rings. The van der Waals surface area contributed by atoms with Gasteiger partial charge in [-0.1, -0.05) is 45.1 Å². The summed E-state index contributed by atoms with van der Waals surface area (Å²) < 4.78 is 0. The van der Waals surface area contributed by atoms with Gasteiger partial charge in [-0.25, -0.2) is 0 Å². The van der Waals surface area contributed by atoms with Crippen molar-refractivity contribution < 1.29 is 0 Å². The van der Waals surface area contributed by atoms with E-state index in [4.69, 9.17) is 0 Å². The minimum absolute atomic E-state index is 0.627. The van der Waals surface area contributed by atoms with Crippen molar-refractivity contribution in [2.75, 3.05) is 0 Å². The Morgan fingerprint density at radius 3 is 2.22 bits per heavy atom. The molecule has 0 aliphatic carbocycles. The third kappa shape index (κ3) is 3.12. The van der Waals surface area contributed by atoms with Gasteiger partial charge < -0.3 is 0 Å². The molecular formula is C9H16.